The number of benzene rings is 5. The number of aromatic amines is 1. The molecule has 0 bridgehead atoms. The molecule has 8 aromatic heterocycles. The number of aromatic nitrogens is 16. The van der Waals surface area contributed by atoms with Crippen molar-refractivity contribution >= 4 is 93.7 Å². The molecule has 0 saturated heterocycles. The molecule has 8 heterocycles. The monoisotopic (exact) mass is 1940 g/mol. The van der Waals surface area contributed by atoms with Gasteiger partial charge in [-0.1, -0.05) is 144 Å². The van der Waals surface area contributed by atoms with Crippen LogP contribution in [-0.4, -0.2) is 171 Å². The number of aliphatic hydroxyl groups is 1. The molecule has 0 spiro atoms. The summed E-state index contributed by atoms with van der Waals surface area (Å²) in [6.07, 6.45) is 26.3. The molecule has 131 heavy (non-hydrogen) atoms. The Bertz CT molecular complexity index is 6080. The number of nitrogens with two attached hydrogens (primary N) is 6. The Morgan fingerprint density at radius 1 is 0.534 bits per heavy atom. The third kappa shape index (κ3) is 27.6. The number of rotatable bonds is 13. The van der Waals surface area contributed by atoms with Crippen molar-refractivity contribution in [1.82, 2.24) is 84.5 Å². The second-order valence-corrected chi connectivity index (χ2v) is 29.4. The molecule has 18 rings (SSSR count). The van der Waals surface area contributed by atoms with Crippen LogP contribution in [0.3, 0.4) is 0 Å². The number of esters is 4. The highest BCUT2D eigenvalue weighted by Gasteiger charge is 2.27. The van der Waals surface area contributed by atoms with Crippen molar-refractivity contribution in [3.63, 3.8) is 0 Å². The quantitative estimate of drug-likeness (QED) is 0.00756. The van der Waals surface area contributed by atoms with Crippen molar-refractivity contribution in [3.05, 3.63) is 272 Å². The number of carbonyl (C=O) groups excluding carboxylic acids is 4. The van der Waals surface area contributed by atoms with Gasteiger partial charge in [-0.15, -0.1) is 29.1 Å². The summed E-state index contributed by atoms with van der Waals surface area (Å²) in [6.45, 7) is 16.7. The van der Waals surface area contributed by atoms with E-state index in [0.717, 1.165) is 126 Å². The zero-order valence-electron chi connectivity index (χ0n) is 71.6. The first-order valence-corrected chi connectivity index (χ1v) is 42.1. The molecule has 39 heteroatoms. The zero-order chi connectivity index (χ0) is 90.3. The van der Waals surface area contributed by atoms with E-state index in [2.05, 4.69) is 174 Å². The average Bonchev–Trinajstić information content (AvgIpc) is 1.61. The maximum atomic E-state index is 11.9. The lowest BCUT2D eigenvalue weighted by Gasteiger charge is -2.18. The van der Waals surface area contributed by atoms with Crippen molar-refractivity contribution in [3.8, 4) is 68.2 Å². The summed E-state index contributed by atoms with van der Waals surface area (Å²) in [5.41, 5.74) is 43.2. The largest absolute Gasteiger partial charge is 0.471 e. The number of hydrogen-bond donors (Lipinski definition) is 9. The SMILES string of the molecule is C.C.C.CCO.CCOC(=O)c1cn(-c2ncc3c(n2)-c2ccccc2CC3)nc1N.CCOC(=O)c1cn[nH]c1N.CCOC(=O)c1cnn(-c2ncc3c(n2)-c2ccccc2CC3)c1N.CS(=O)c1ncc2c(n1)-c1ccccc1CC2.Clc1ncc2c(n1)-c1ccccc1CC2.F.I.NN.NNc1ncc2c(n1)-c1ccccc1CC2.[C-]#[N+]/C(=C\N(C)C)C(=O)OCC.[HH]. The normalized spacial score (nSPS) is 11.6. The number of hydrazine groups is 2. The molecular weight excluding hydrogens is 1830 g/mol. The number of hydrogen-bond acceptors (Lipinski definition) is 31. The molecule has 35 nitrogen and oxygen atoms in total. The molecule has 0 fully saturated rings. The number of ether oxygens (including phenoxy) is 4. The van der Waals surface area contributed by atoms with Gasteiger partial charge in [0.15, 0.2) is 5.82 Å². The van der Waals surface area contributed by atoms with Crippen molar-refractivity contribution in [2.24, 2.45) is 17.5 Å². The predicted octanol–water partition coefficient (Wildman–Crippen LogP) is 13.6. The highest BCUT2D eigenvalue weighted by molar-refractivity contribution is 14.0. The van der Waals surface area contributed by atoms with Gasteiger partial charge in [0.1, 0.15) is 28.3 Å². The fraction of sp³-hybridized carbons (Fsp3) is 0.283. The Labute approximate surface area is 786 Å². The molecular formula is C92H114ClFIN25O10S. The number of halogens is 3. The van der Waals surface area contributed by atoms with Crippen LogP contribution in [0, 0.1) is 6.57 Å². The Kier molecular flexibility index (Phi) is 43.8. The molecule has 5 aliphatic rings. The topological polar surface area (TPSA) is 511 Å². The third-order valence-electron chi connectivity index (χ3n) is 19.4. The molecule has 5 aliphatic carbocycles. The van der Waals surface area contributed by atoms with Gasteiger partial charge in [0.25, 0.3) is 17.6 Å². The molecule has 5 aromatic carbocycles. The molecule has 694 valence electrons. The van der Waals surface area contributed by atoms with Crippen molar-refractivity contribution in [1.29, 1.82) is 0 Å². The molecule has 0 saturated carbocycles. The van der Waals surface area contributed by atoms with E-state index in [1.165, 1.54) is 84.2 Å². The smallest absolute Gasteiger partial charge is 0.343 e. The van der Waals surface area contributed by atoms with Crippen LogP contribution in [0.1, 0.15) is 145 Å². The average molecular weight is 1940 g/mol. The summed E-state index contributed by atoms with van der Waals surface area (Å²) in [5, 5.41) is 22.6. The van der Waals surface area contributed by atoms with E-state index in [-0.39, 0.29) is 112 Å². The third-order valence-corrected chi connectivity index (χ3v) is 20.3. The lowest BCUT2D eigenvalue weighted by atomic mass is 9.90. The van der Waals surface area contributed by atoms with Crippen LogP contribution < -0.4 is 40.2 Å². The fourth-order valence-electron chi connectivity index (χ4n) is 13.7. The Morgan fingerprint density at radius 2 is 0.901 bits per heavy atom. The number of fused-ring (bicyclic) bond motifs is 15. The molecule has 0 aliphatic heterocycles. The first kappa shape index (κ1) is 108. The zero-order valence-corrected chi connectivity index (χ0v) is 75.5. The van der Waals surface area contributed by atoms with Gasteiger partial charge in [-0.2, -0.15) is 14.9 Å². The van der Waals surface area contributed by atoms with Crippen LogP contribution in [0.25, 0.3) is 73.0 Å². The highest BCUT2D eigenvalue weighted by atomic mass is 127. The van der Waals surface area contributed by atoms with Crippen molar-refractivity contribution in [2.45, 2.75) is 126 Å². The number of anilines is 4. The van der Waals surface area contributed by atoms with Crippen LogP contribution >= 0.6 is 35.6 Å². The number of nitrogen functional groups attached to an aromatic ring is 4. The van der Waals surface area contributed by atoms with Gasteiger partial charge in [-0.25, -0.2) is 79.6 Å². The summed E-state index contributed by atoms with van der Waals surface area (Å²) in [4.78, 5) is 94.0. The van der Waals surface area contributed by atoms with Crippen LogP contribution in [0.15, 0.2) is 188 Å². The first-order chi connectivity index (χ1) is 61.1. The minimum atomic E-state index is -1.13. The summed E-state index contributed by atoms with van der Waals surface area (Å²) < 4.78 is 33.5. The maximum Gasteiger partial charge on any atom is 0.343 e. The Hall–Kier alpha value is -13.8. The van der Waals surface area contributed by atoms with Gasteiger partial charge in [-0.3, -0.25) is 35.9 Å². The number of H-pyrrole nitrogens is 1. The second-order valence-electron chi connectivity index (χ2n) is 27.8. The van der Waals surface area contributed by atoms with Gasteiger partial charge in [0.05, 0.1) is 90.9 Å². The van der Waals surface area contributed by atoms with E-state index in [0.29, 0.717) is 41.5 Å². The van der Waals surface area contributed by atoms with Crippen LogP contribution in [-0.2, 0) is 98.7 Å². The molecule has 13 aromatic rings. The minimum Gasteiger partial charge on any atom is -0.471 e. The van der Waals surface area contributed by atoms with Gasteiger partial charge < -0.3 is 46.2 Å². The van der Waals surface area contributed by atoms with E-state index in [1.54, 1.807) is 66.1 Å². The lowest BCUT2D eigenvalue weighted by molar-refractivity contribution is -0.138. The van der Waals surface area contributed by atoms with E-state index in [1.807, 2.05) is 73.3 Å². The maximum absolute atomic E-state index is 11.9. The molecule has 0 amide bonds. The van der Waals surface area contributed by atoms with E-state index in [4.69, 9.17) is 55.8 Å². The molecule has 15 N–H and O–H groups in total. The summed E-state index contributed by atoms with van der Waals surface area (Å²) in [6, 6.07) is 41.3. The van der Waals surface area contributed by atoms with Crippen LogP contribution in [0.2, 0.25) is 5.28 Å². The van der Waals surface area contributed by atoms with E-state index >= 15 is 0 Å². The Morgan fingerprint density at radius 3 is 1.31 bits per heavy atom. The summed E-state index contributed by atoms with van der Waals surface area (Å²) in [5.74, 6) is 13.0. The van der Waals surface area contributed by atoms with Crippen molar-refractivity contribution < 1.29 is 53.6 Å². The van der Waals surface area contributed by atoms with Crippen LogP contribution in [0.5, 0.6) is 0 Å². The molecule has 1 atom stereocenters. The van der Waals surface area contributed by atoms with Gasteiger partial charge in [0.2, 0.25) is 16.4 Å². The van der Waals surface area contributed by atoms with E-state index < -0.39 is 34.7 Å². The van der Waals surface area contributed by atoms with Gasteiger partial charge >= 0.3 is 23.9 Å². The Balaban J connectivity index is 0.000000323. The van der Waals surface area contributed by atoms with Crippen molar-refractivity contribution in [2.75, 3.05) is 76.0 Å². The van der Waals surface area contributed by atoms with Gasteiger partial charge in [0, 0.05) is 93.4 Å². The molecule has 0 radical (unpaired) electrons. The second kappa shape index (κ2) is 53.2. The van der Waals surface area contributed by atoms with Gasteiger partial charge in [-0.05, 0) is 166 Å². The number of carbonyl (C=O) groups is 4. The number of aryl methyl sites for hydroxylation is 10. The summed E-state index contributed by atoms with van der Waals surface area (Å²) in [7, 11) is 2.35. The van der Waals surface area contributed by atoms with E-state index in [9.17, 15) is 23.4 Å². The standard InChI is InChI=1S/2C18H17N5O2.C13H12N2OS.C12H9ClN2.C12H12N4.C8H12N2O2.C6H9N3O2.C2H6O.3CH4.FH.HI.H4N2.H2/c1-2-25-17(24)14-10-23(22-16(14)19)18-20-9-12-8-7-11-5-3-4-6-13(11)15(12)21-18;1-2-25-17(24)14-10-21-23(16(14)19)18-20-9-12-8-7-11-5-3-4-6-13(11)15(12)22-18;1-17(16)13-14-8-10-7-6-9-4-2-3-5-11(9)12(10)15-13;13-12-14-7-9-6-5-8-3-1-2-4-10(8)11(9)15-12;13-16-12-14-7-9-6-5-8-3-1-2-4-10(8)11(9)15-12;1-5-12-8(11)7(9-2)6-10(3)4;1-2-11-6(10)4-3-8-9-5(4)7;1-2-3;;;;;;1-2;/h3-6,9-10H,2,7-8H2,1H3,(H2,19,22);3-6,9-10H,2,7-8,19H2,1H3;2-5,8H,6-7H2,1H3;1-4,7H,5-6H2;1-4,7H,5-6,13H2,(H,14,15,16);6H,5H2,1,3-4H3;3H,2H2,1H3,(H3,7,8,9);3H,2H2,1H3;3*1H4;2*1H;1-2H2;1H/b;;;;;7-6-;;;;;;;;;. The highest BCUT2D eigenvalue weighted by Crippen LogP contribution is 2.37. The molecule has 1 unspecified atom stereocenters. The number of aliphatic hydroxyl groups excluding tert-OH is 1. The van der Waals surface area contributed by atoms with Crippen LogP contribution in [0.4, 0.5) is 28.1 Å². The number of nitrogens with one attached hydrogen (secondary N) is 2. The summed E-state index contributed by atoms with van der Waals surface area (Å²) >= 11 is 5.82. The first-order valence-electron chi connectivity index (χ1n) is 40.2. The lowest BCUT2D eigenvalue weighted by Crippen LogP contribution is -2.13. The fourth-order valence-corrected chi connectivity index (χ4v) is 14.2. The minimum absolute atomic E-state index is 0. The predicted molar refractivity (Wildman–Crippen MR) is 520 cm³/mol. The number of nitrogens with zero attached hydrogens (tertiary/aromatic N) is 17.